The van der Waals surface area contributed by atoms with Crippen molar-refractivity contribution in [1.82, 2.24) is 14.7 Å². The fourth-order valence-corrected chi connectivity index (χ4v) is 6.56. The third kappa shape index (κ3) is 2.94. The van der Waals surface area contributed by atoms with E-state index < -0.39 is 0 Å². The first-order chi connectivity index (χ1) is 12.1. The smallest absolute Gasteiger partial charge is 0.0697 e. The summed E-state index contributed by atoms with van der Waals surface area (Å²) in [4.78, 5) is 2.48. The predicted molar refractivity (Wildman–Crippen MR) is 95.5 cm³/mol. The standard InChI is InChI=1S/C20H31N3O2/c1-22-3-2-18(21-22)19-11-16-10-17(12-19)14-20(13-16,15-19)25-9-6-23-4-7-24-8-5-23/h2-3,16-17H,4-15H2,1H3. The van der Waals surface area contributed by atoms with Gasteiger partial charge in [0, 0.05) is 38.3 Å². The Kier molecular flexibility index (Phi) is 3.95. The lowest BCUT2D eigenvalue weighted by Gasteiger charge is -2.61. The van der Waals surface area contributed by atoms with Crippen molar-refractivity contribution in [2.45, 2.75) is 49.5 Å². The monoisotopic (exact) mass is 345 g/mol. The SMILES string of the molecule is Cn1ccc(C23CC4CC(CC(OCCN5CCOCC5)(C4)C2)C3)n1. The number of aromatic nitrogens is 2. The predicted octanol–water partition coefficient (Wildman–Crippen LogP) is 2.36. The second-order valence-electron chi connectivity index (χ2n) is 9.10. The van der Waals surface area contributed by atoms with Crippen LogP contribution in [0, 0.1) is 11.8 Å². The normalized spacial score (nSPS) is 40.7. The van der Waals surface area contributed by atoms with Gasteiger partial charge in [-0.15, -0.1) is 0 Å². The Bertz CT molecular complexity index is 608. The largest absolute Gasteiger partial charge is 0.379 e. The molecule has 0 aromatic carbocycles. The molecule has 4 aliphatic carbocycles. The number of morpholine rings is 1. The topological polar surface area (TPSA) is 39.5 Å². The summed E-state index contributed by atoms with van der Waals surface area (Å²) in [6, 6.07) is 2.26. The van der Waals surface area contributed by atoms with Crippen molar-refractivity contribution in [3.05, 3.63) is 18.0 Å². The van der Waals surface area contributed by atoms with Crippen molar-refractivity contribution >= 4 is 0 Å². The van der Waals surface area contributed by atoms with Crippen LogP contribution in [0.25, 0.3) is 0 Å². The molecule has 0 spiro atoms. The summed E-state index contributed by atoms with van der Waals surface area (Å²) in [5.41, 5.74) is 1.73. The van der Waals surface area contributed by atoms with Crippen LogP contribution in [0.2, 0.25) is 0 Å². The molecule has 1 aromatic rings. The van der Waals surface area contributed by atoms with E-state index in [-0.39, 0.29) is 11.0 Å². The fourth-order valence-electron chi connectivity index (χ4n) is 6.56. The molecule has 138 valence electrons. The van der Waals surface area contributed by atoms with Crippen LogP contribution in [-0.4, -0.2) is 59.7 Å². The number of hydrogen-bond acceptors (Lipinski definition) is 4. The number of rotatable bonds is 5. The lowest BCUT2D eigenvalue weighted by molar-refractivity contribution is -0.175. The molecule has 1 saturated heterocycles. The van der Waals surface area contributed by atoms with Gasteiger partial charge >= 0.3 is 0 Å². The van der Waals surface area contributed by atoms with Crippen LogP contribution in [-0.2, 0) is 21.9 Å². The van der Waals surface area contributed by atoms with E-state index in [0.29, 0.717) is 0 Å². The molecule has 4 saturated carbocycles. The number of aryl methyl sites for hydroxylation is 1. The molecule has 4 bridgehead atoms. The highest BCUT2D eigenvalue weighted by atomic mass is 16.5. The molecule has 2 unspecified atom stereocenters. The lowest BCUT2D eigenvalue weighted by Crippen LogP contribution is -2.59. The van der Waals surface area contributed by atoms with E-state index in [1.807, 2.05) is 11.7 Å². The molecular weight excluding hydrogens is 314 g/mol. The first kappa shape index (κ1) is 16.3. The molecule has 5 heteroatoms. The summed E-state index contributed by atoms with van der Waals surface area (Å²) < 4.78 is 14.1. The zero-order chi connectivity index (χ0) is 16.9. The average Bonchev–Trinajstić information content (AvgIpc) is 3.02. The summed E-state index contributed by atoms with van der Waals surface area (Å²) in [5, 5.41) is 4.82. The van der Waals surface area contributed by atoms with Crippen LogP contribution >= 0.6 is 0 Å². The van der Waals surface area contributed by atoms with Crippen LogP contribution in [0.4, 0.5) is 0 Å². The molecule has 2 atom stereocenters. The zero-order valence-corrected chi connectivity index (χ0v) is 15.5. The molecule has 0 radical (unpaired) electrons. The van der Waals surface area contributed by atoms with Gasteiger partial charge in [0.2, 0.25) is 0 Å². The van der Waals surface area contributed by atoms with Gasteiger partial charge in [-0.3, -0.25) is 9.58 Å². The molecule has 0 amide bonds. The Morgan fingerprint density at radius 2 is 1.96 bits per heavy atom. The van der Waals surface area contributed by atoms with E-state index in [4.69, 9.17) is 14.6 Å². The van der Waals surface area contributed by atoms with Crippen LogP contribution in [0.15, 0.2) is 12.3 Å². The van der Waals surface area contributed by atoms with Crippen molar-refractivity contribution in [2.75, 3.05) is 39.5 Å². The Morgan fingerprint density at radius 1 is 1.20 bits per heavy atom. The van der Waals surface area contributed by atoms with Gasteiger partial charge in [-0.2, -0.15) is 5.10 Å². The minimum atomic E-state index is 0.119. The first-order valence-corrected chi connectivity index (χ1v) is 10.1. The molecule has 0 N–H and O–H groups in total. The molecule has 6 rings (SSSR count). The summed E-state index contributed by atoms with van der Waals surface area (Å²) in [6.07, 6.45) is 9.93. The highest BCUT2D eigenvalue weighted by molar-refractivity contribution is 5.24. The molecule has 2 heterocycles. The maximum Gasteiger partial charge on any atom is 0.0697 e. The molecule has 5 fully saturated rings. The molecule has 5 nitrogen and oxygen atoms in total. The second-order valence-corrected chi connectivity index (χ2v) is 9.10. The van der Waals surface area contributed by atoms with Gasteiger partial charge in [0.15, 0.2) is 0 Å². The summed E-state index contributed by atoms with van der Waals surface area (Å²) >= 11 is 0. The van der Waals surface area contributed by atoms with Crippen molar-refractivity contribution in [3.63, 3.8) is 0 Å². The Hall–Kier alpha value is -0.910. The van der Waals surface area contributed by atoms with Crippen LogP contribution in [0.5, 0.6) is 0 Å². The minimum absolute atomic E-state index is 0.119. The maximum atomic E-state index is 6.68. The van der Waals surface area contributed by atoms with E-state index in [2.05, 4.69) is 17.2 Å². The van der Waals surface area contributed by atoms with Gasteiger partial charge in [-0.25, -0.2) is 0 Å². The van der Waals surface area contributed by atoms with Crippen molar-refractivity contribution in [2.24, 2.45) is 18.9 Å². The number of nitrogens with zero attached hydrogens (tertiary/aromatic N) is 3. The van der Waals surface area contributed by atoms with E-state index in [0.717, 1.165) is 51.3 Å². The second kappa shape index (κ2) is 6.07. The van der Waals surface area contributed by atoms with Gasteiger partial charge in [0.05, 0.1) is 31.1 Å². The molecule has 1 aliphatic heterocycles. The van der Waals surface area contributed by atoms with Crippen molar-refractivity contribution < 1.29 is 9.47 Å². The van der Waals surface area contributed by atoms with Crippen LogP contribution in [0.1, 0.15) is 44.2 Å². The highest BCUT2D eigenvalue weighted by Crippen LogP contribution is 2.63. The van der Waals surface area contributed by atoms with Gasteiger partial charge in [0.1, 0.15) is 0 Å². The van der Waals surface area contributed by atoms with E-state index in [1.165, 1.54) is 44.2 Å². The number of hydrogen-bond donors (Lipinski definition) is 0. The Morgan fingerprint density at radius 3 is 2.64 bits per heavy atom. The van der Waals surface area contributed by atoms with Crippen LogP contribution < -0.4 is 0 Å². The molecule has 25 heavy (non-hydrogen) atoms. The van der Waals surface area contributed by atoms with Crippen molar-refractivity contribution in [1.29, 1.82) is 0 Å². The third-order valence-corrected chi connectivity index (χ3v) is 7.18. The summed E-state index contributed by atoms with van der Waals surface area (Å²) in [7, 11) is 2.04. The first-order valence-electron chi connectivity index (χ1n) is 10.1. The summed E-state index contributed by atoms with van der Waals surface area (Å²) in [5.74, 6) is 1.68. The lowest BCUT2D eigenvalue weighted by atomic mass is 9.47. The van der Waals surface area contributed by atoms with E-state index in [1.54, 1.807) is 0 Å². The van der Waals surface area contributed by atoms with Gasteiger partial charge in [0.25, 0.3) is 0 Å². The van der Waals surface area contributed by atoms with Crippen molar-refractivity contribution in [3.8, 4) is 0 Å². The van der Waals surface area contributed by atoms with E-state index in [9.17, 15) is 0 Å². The van der Waals surface area contributed by atoms with E-state index >= 15 is 0 Å². The van der Waals surface area contributed by atoms with Gasteiger partial charge in [-0.1, -0.05) is 0 Å². The Balaban J connectivity index is 1.30. The molecule has 5 aliphatic rings. The summed E-state index contributed by atoms with van der Waals surface area (Å²) in [6.45, 7) is 5.78. The third-order valence-electron chi connectivity index (χ3n) is 7.18. The van der Waals surface area contributed by atoms with Crippen LogP contribution in [0.3, 0.4) is 0 Å². The molecule has 1 aromatic heterocycles. The highest BCUT2D eigenvalue weighted by Gasteiger charge is 2.59. The Labute approximate surface area is 150 Å². The maximum absolute atomic E-state index is 6.68. The number of ether oxygens (including phenoxy) is 2. The minimum Gasteiger partial charge on any atom is -0.379 e. The zero-order valence-electron chi connectivity index (χ0n) is 15.5. The average molecular weight is 345 g/mol. The van der Waals surface area contributed by atoms with Gasteiger partial charge < -0.3 is 9.47 Å². The quantitative estimate of drug-likeness (QED) is 0.821. The van der Waals surface area contributed by atoms with Gasteiger partial charge in [-0.05, 0) is 56.4 Å². The fraction of sp³-hybridized carbons (Fsp3) is 0.850. The molecular formula is C20H31N3O2.